The standard InChI is InChI=1S/C20H30N4O/c25-20(13-15-5-1-2-6-15)21-17-9-11-24(12-10-17)19-14-16-7-3-4-8-18(16)22-23-19/h14-15,17H,1-13H2,(H,21,25). The molecule has 1 aliphatic heterocycles. The molecule has 2 aliphatic carbocycles. The van der Waals surface area contributed by atoms with E-state index in [2.05, 4.69) is 26.5 Å². The summed E-state index contributed by atoms with van der Waals surface area (Å²) in [5.41, 5.74) is 2.59. The van der Waals surface area contributed by atoms with Crippen LogP contribution in [0.1, 0.15) is 69.0 Å². The number of fused-ring (bicyclic) bond motifs is 1. The van der Waals surface area contributed by atoms with Crippen LogP contribution in [0, 0.1) is 5.92 Å². The number of rotatable bonds is 4. The number of aromatic nitrogens is 2. The summed E-state index contributed by atoms with van der Waals surface area (Å²) in [7, 11) is 0. The average Bonchev–Trinajstić information content (AvgIpc) is 3.15. The Bertz CT molecular complexity index is 604. The van der Waals surface area contributed by atoms with Gasteiger partial charge >= 0.3 is 0 Å². The van der Waals surface area contributed by atoms with Crippen LogP contribution in [0.15, 0.2) is 6.07 Å². The van der Waals surface area contributed by atoms with Gasteiger partial charge in [-0.15, -0.1) is 5.10 Å². The van der Waals surface area contributed by atoms with Gasteiger partial charge in [0.2, 0.25) is 5.91 Å². The van der Waals surface area contributed by atoms with Crippen molar-refractivity contribution in [2.75, 3.05) is 18.0 Å². The molecule has 5 nitrogen and oxygen atoms in total. The Morgan fingerprint density at radius 3 is 2.60 bits per heavy atom. The Morgan fingerprint density at radius 2 is 1.80 bits per heavy atom. The number of hydrogen-bond acceptors (Lipinski definition) is 4. The summed E-state index contributed by atoms with van der Waals surface area (Å²) < 4.78 is 0. The van der Waals surface area contributed by atoms with E-state index in [4.69, 9.17) is 0 Å². The maximum Gasteiger partial charge on any atom is 0.220 e. The third kappa shape index (κ3) is 4.13. The summed E-state index contributed by atoms with van der Waals surface area (Å²) in [5.74, 6) is 1.92. The lowest BCUT2D eigenvalue weighted by molar-refractivity contribution is -0.122. The molecule has 1 amide bonds. The van der Waals surface area contributed by atoms with Crippen molar-refractivity contribution in [1.29, 1.82) is 0 Å². The number of aryl methyl sites for hydroxylation is 2. The normalized spacial score (nSPS) is 22.0. The van der Waals surface area contributed by atoms with Crippen molar-refractivity contribution in [1.82, 2.24) is 15.5 Å². The van der Waals surface area contributed by atoms with Crippen LogP contribution < -0.4 is 10.2 Å². The first kappa shape index (κ1) is 16.8. The smallest absolute Gasteiger partial charge is 0.220 e. The number of nitrogens with zero attached hydrogens (tertiary/aromatic N) is 3. The predicted octanol–water partition coefficient (Wildman–Crippen LogP) is 3.02. The van der Waals surface area contributed by atoms with E-state index in [9.17, 15) is 4.79 Å². The van der Waals surface area contributed by atoms with E-state index < -0.39 is 0 Å². The average molecular weight is 342 g/mol. The molecule has 1 N–H and O–H groups in total. The lowest BCUT2D eigenvalue weighted by Gasteiger charge is -2.33. The zero-order valence-corrected chi connectivity index (χ0v) is 15.2. The zero-order chi connectivity index (χ0) is 17.1. The summed E-state index contributed by atoms with van der Waals surface area (Å²) >= 11 is 0. The molecule has 0 radical (unpaired) electrons. The number of amides is 1. The molecular formula is C20H30N4O. The summed E-state index contributed by atoms with van der Waals surface area (Å²) in [6, 6.07) is 2.58. The highest BCUT2D eigenvalue weighted by Crippen LogP contribution is 2.28. The first-order chi connectivity index (χ1) is 12.3. The summed E-state index contributed by atoms with van der Waals surface area (Å²) in [6.45, 7) is 1.92. The fourth-order valence-corrected chi connectivity index (χ4v) is 4.65. The van der Waals surface area contributed by atoms with Gasteiger partial charge in [0.15, 0.2) is 5.82 Å². The fourth-order valence-electron chi connectivity index (χ4n) is 4.65. The van der Waals surface area contributed by atoms with Crippen LogP contribution in [0.3, 0.4) is 0 Å². The van der Waals surface area contributed by atoms with Gasteiger partial charge in [-0.1, -0.05) is 12.8 Å². The van der Waals surface area contributed by atoms with Gasteiger partial charge in [-0.2, -0.15) is 5.10 Å². The minimum absolute atomic E-state index is 0.263. The Labute approximate surface area is 150 Å². The van der Waals surface area contributed by atoms with E-state index >= 15 is 0 Å². The highest BCUT2D eigenvalue weighted by molar-refractivity contribution is 5.76. The number of carbonyl (C=O) groups is 1. The Kier molecular flexibility index (Phi) is 5.18. The van der Waals surface area contributed by atoms with Crippen LogP contribution in [-0.4, -0.2) is 35.2 Å². The number of nitrogens with one attached hydrogen (secondary N) is 1. The highest BCUT2D eigenvalue weighted by atomic mass is 16.1. The minimum Gasteiger partial charge on any atom is -0.355 e. The van der Waals surface area contributed by atoms with Gasteiger partial charge in [-0.25, -0.2) is 0 Å². The predicted molar refractivity (Wildman–Crippen MR) is 98.6 cm³/mol. The second-order valence-electron chi connectivity index (χ2n) is 8.07. The van der Waals surface area contributed by atoms with E-state index in [1.54, 1.807) is 0 Å². The Morgan fingerprint density at radius 1 is 1.04 bits per heavy atom. The molecule has 1 saturated carbocycles. The van der Waals surface area contributed by atoms with Gasteiger partial charge in [-0.3, -0.25) is 4.79 Å². The molecular weight excluding hydrogens is 312 g/mol. The van der Waals surface area contributed by atoms with Crippen molar-refractivity contribution in [3.8, 4) is 0 Å². The van der Waals surface area contributed by atoms with Crippen molar-refractivity contribution in [3.63, 3.8) is 0 Å². The molecule has 0 unspecified atom stereocenters. The van der Waals surface area contributed by atoms with Crippen LogP contribution in [0.4, 0.5) is 5.82 Å². The molecule has 4 rings (SSSR count). The molecule has 2 heterocycles. The third-order valence-electron chi connectivity index (χ3n) is 6.19. The van der Waals surface area contributed by atoms with Gasteiger partial charge in [0.05, 0.1) is 5.69 Å². The van der Waals surface area contributed by atoms with Gasteiger partial charge in [0.1, 0.15) is 0 Å². The quantitative estimate of drug-likeness (QED) is 0.914. The minimum atomic E-state index is 0.263. The summed E-state index contributed by atoms with van der Waals surface area (Å²) in [4.78, 5) is 14.6. The van der Waals surface area contributed by atoms with E-state index in [1.807, 2.05) is 0 Å². The van der Waals surface area contributed by atoms with Crippen LogP contribution in [0.2, 0.25) is 0 Å². The lowest BCUT2D eigenvalue weighted by atomic mass is 9.96. The molecule has 0 aromatic carbocycles. The molecule has 136 valence electrons. The number of hydrogen-bond donors (Lipinski definition) is 1. The van der Waals surface area contributed by atoms with Gasteiger partial charge < -0.3 is 10.2 Å². The molecule has 3 aliphatic rings. The van der Waals surface area contributed by atoms with Gasteiger partial charge in [0.25, 0.3) is 0 Å². The Balaban J connectivity index is 1.27. The maximum absolute atomic E-state index is 12.2. The number of carbonyl (C=O) groups excluding carboxylic acids is 1. The monoisotopic (exact) mass is 342 g/mol. The first-order valence-electron chi connectivity index (χ1n) is 10.2. The molecule has 0 atom stereocenters. The first-order valence-corrected chi connectivity index (χ1v) is 10.2. The Hall–Kier alpha value is -1.65. The molecule has 5 heteroatoms. The van der Waals surface area contributed by atoms with Crippen molar-refractivity contribution < 1.29 is 4.79 Å². The van der Waals surface area contributed by atoms with Gasteiger partial charge in [0, 0.05) is 25.6 Å². The lowest BCUT2D eigenvalue weighted by Crippen LogP contribution is -2.45. The second kappa shape index (κ2) is 7.71. The third-order valence-corrected chi connectivity index (χ3v) is 6.19. The molecule has 25 heavy (non-hydrogen) atoms. The van der Waals surface area contributed by atoms with Crippen LogP contribution in [0.25, 0.3) is 0 Å². The van der Waals surface area contributed by atoms with Crippen molar-refractivity contribution in [2.45, 2.75) is 76.7 Å². The molecule has 0 spiro atoms. The van der Waals surface area contributed by atoms with Crippen molar-refractivity contribution in [2.24, 2.45) is 5.92 Å². The fraction of sp³-hybridized carbons (Fsp3) is 0.750. The molecule has 1 aromatic heterocycles. The molecule has 0 bridgehead atoms. The highest BCUT2D eigenvalue weighted by Gasteiger charge is 2.24. The van der Waals surface area contributed by atoms with Crippen LogP contribution in [-0.2, 0) is 17.6 Å². The molecule has 2 fully saturated rings. The van der Waals surface area contributed by atoms with Crippen molar-refractivity contribution in [3.05, 3.63) is 17.3 Å². The maximum atomic E-state index is 12.2. The van der Waals surface area contributed by atoms with E-state index in [-0.39, 0.29) is 5.91 Å². The van der Waals surface area contributed by atoms with E-state index in [0.29, 0.717) is 12.0 Å². The summed E-state index contributed by atoms with van der Waals surface area (Å²) in [5, 5.41) is 12.2. The van der Waals surface area contributed by atoms with Crippen molar-refractivity contribution >= 4 is 11.7 Å². The topological polar surface area (TPSA) is 58.1 Å². The van der Waals surface area contributed by atoms with E-state index in [1.165, 1.54) is 49.8 Å². The largest absolute Gasteiger partial charge is 0.355 e. The molecule has 1 aromatic rings. The zero-order valence-electron chi connectivity index (χ0n) is 15.2. The molecule has 1 saturated heterocycles. The number of anilines is 1. The number of piperidine rings is 1. The van der Waals surface area contributed by atoms with Crippen LogP contribution in [0.5, 0.6) is 0 Å². The van der Waals surface area contributed by atoms with Gasteiger partial charge in [-0.05, 0) is 68.9 Å². The van der Waals surface area contributed by atoms with Crippen LogP contribution >= 0.6 is 0 Å². The summed E-state index contributed by atoms with van der Waals surface area (Å²) in [6.07, 6.45) is 12.6. The SMILES string of the molecule is O=C(CC1CCCC1)NC1CCN(c2cc3c(nn2)CCCC3)CC1. The second-order valence-corrected chi connectivity index (χ2v) is 8.07. The van der Waals surface area contributed by atoms with E-state index in [0.717, 1.165) is 51.0 Å².